The first-order valence-electron chi connectivity index (χ1n) is 7.11. The molecular weight excluding hydrogens is 240 g/mol. The number of benzene rings is 1. The smallest absolute Gasteiger partial charge is 0.161 e. The number of likely N-dealkylation sites (tertiary alicyclic amines) is 1. The number of rotatable bonds is 3. The molecule has 2 unspecified atom stereocenters. The van der Waals surface area contributed by atoms with E-state index < -0.39 is 0 Å². The minimum atomic E-state index is 0.113. The molecule has 0 saturated carbocycles. The third kappa shape index (κ3) is 3.19. The van der Waals surface area contributed by atoms with Crippen molar-refractivity contribution < 1.29 is 9.47 Å². The quantitative estimate of drug-likeness (QED) is 0.895. The first-order valence-corrected chi connectivity index (χ1v) is 7.11. The number of likely N-dealkylation sites (N-methyl/N-ethyl adjacent to an activating group) is 1. The average Bonchev–Trinajstić information content (AvgIpc) is 2.45. The molecule has 2 heterocycles. The van der Waals surface area contributed by atoms with Gasteiger partial charge in [0.15, 0.2) is 11.5 Å². The highest BCUT2D eigenvalue weighted by molar-refractivity contribution is 5.40. The van der Waals surface area contributed by atoms with E-state index in [1.807, 2.05) is 24.3 Å². The summed E-state index contributed by atoms with van der Waals surface area (Å²) in [5.41, 5.74) is 0. The van der Waals surface area contributed by atoms with E-state index in [9.17, 15) is 0 Å². The van der Waals surface area contributed by atoms with Gasteiger partial charge in [-0.2, -0.15) is 0 Å². The second-order valence-corrected chi connectivity index (χ2v) is 5.51. The fourth-order valence-corrected chi connectivity index (χ4v) is 2.79. The minimum absolute atomic E-state index is 0.113. The van der Waals surface area contributed by atoms with Crippen LogP contribution in [0.25, 0.3) is 0 Å². The zero-order valence-electron chi connectivity index (χ0n) is 11.5. The Balaban J connectivity index is 1.49. The van der Waals surface area contributed by atoms with Crippen LogP contribution in [0, 0.1) is 0 Å². The van der Waals surface area contributed by atoms with Crippen LogP contribution in [0.5, 0.6) is 11.5 Å². The van der Waals surface area contributed by atoms with Gasteiger partial charge in [0.05, 0.1) is 0 Å². The summed E-state index contributed by atoms with van der Waals surface area (Å²) >= 11 is 0. The average molecular weight is 262 g/mol. The highest BCUT2D eigenvalue weighted by atomic mass is 16.6. The summed E-state index contributed by atoms with van der Waals surface area (Å²) < 4.78 is 11.7. The number of piperidine rings is 1. The molecule has 1 N–H and O–H groups in total. The molecule has 0 amide bonds. The summed E-state index contributed by atoms with van der Waals surface area (Å²) in [5, 5.41) is 3.61. The topological polar surface area (TPSA) is 33.7 Å². The van der Waals surface area contributed by atoms with Crippen molar-refractivity contribution in [3.05, 3.63) is 24.3 Å². The monoisotopic (exact) mass is 262 g/mol. The molecule has 4 nitrogen and oxygen atoms in total. The van der Waals surface area contributed by atoms with Crippen LogP contribution >= 0.6 is 0 Å². The molecule has 0 aliphatic carbocycles. The van der Waals surface area contributed by atoms with Crippen LogP contribution in [-0.2, 0) is 0 Å². The van der Waals surface area contributed by atoms with Crippen LogP contribution < -0.4 is 14.8 Å². The van der Waals surface area contributed by atoms with E-state index in [0.717, 1.165) is 24.6 Å². The molecule has 0 aromatic heterocycles. The largest absolute Gasteiger partial charge is 0.486 e. The lowest BCUT2D eigenvalue weighted by molar-refractivity contribution is 0.0847. The van der Waals surface area contributed by atoms with E-state index in [1.54, 1.807) is 0 Å². The van der Waals surface area contributed by atoms with E-state index in [4.69, 9.17) is 9.47 Å². The Bertz CT molecular complexity index is 424. The fourth-order valence-electron chi connectivity index (χ4n) is 2.79. The van der Waals surface area contributed by atoms with Crippen molar-refractivity contribution in [1.29, 1.82) is 0 Å². The summed E-state index contributed by atoms with van der Waals surface area (Å²) in [6.45, 7) is 3.83. The van der Waals surface area contributed by atoms with Gasteiger partial charge in [-0.15, -0.1) is 0 Å². The van der Waals surface area contributed by atoms with Gasteiger partial charge in [-0.05, 0) is 38.6 Å². The van der Waals surface area contributed by atoms with Crippen LogP contribution in [-0.4, -0.2) is 50.3 Å². The molecule has 0 bridgehead atoms. The molecule has 0 spiro atoms. The maximum atomic E-state index is 5.95. The lowest BCUT2D eigenvalue weighted by atomic mass is 10.1. The highest BCUT2D eigenvalue weighted by Gasteiger charge is 2.23. The molecule has 2 atom stereocenters. The van der Waals surface area contributed by atoms with Crippen LogP contribution in [0.1, 0.15) is 12.8 Å². The normalized spacial score (nSPS) is 27.2. The number of para-hydroxylation sites is 2. The Morgan fingerprint density at radius 2 is 2.16 bits per heavy atom. The van der Waals surface area contributed by atoms with Gasteiger partial charge in [0.1, 0.15) is 12.7 Å². The highest BCUT2D eigenvalue weighted by Crippen LogP contribution is 2.30. The summed E-state index contributed by atoms with van der Waals surface area (Å²) in [6.07, 6.45) is 2.65. The second kappa shape index (κ2) is 5.80. The van der Waals surface area contributed by atoms with Crippen molar-refractivity contribution >= 4 is 0 Å². The number of nitrogens with one attached hydrogen (secondary N) is 1. The van der Waals surface area contributed by atoms with Crippen molar-refractivity contribution in [2.45, 2.75) is 25.0 Å². The first-order chi connectivity index (χ1) is 9.31. The molecule has 1 aromatic carbocycles. The summed E-state index contributed by atoms with van der Waals surface area (Å²) in [6, 6.07) is 8.46. The molecule has 104 valence electrons. The summed E-state index contributed by atoms with van der Waals surface area (Å²) in [5.74, 6) is 1.72. The van der Waals surface area contributed by atoms with Gasteiger partial charge in [0.2, 0.25) is 0 Å². The van der Waals surface area contributed by atoms with Gasteiger partial charge in [0, 0.05) is 19.1 Å². The number of nitrogens with zero attached hydrogens (tertiary/aromatic N) is 1. The van der Waals surface area contributed by atoms with Crippen LogP contribution in [0.4, 0.5) is 0 Å². The van der Waals surface area contributed by atoms with E-state index in [0.29, 0.717) is 12.6 Å². The van der Waals surface area contributed by atoms with Gasteiger partial charge in [-0.1, -0.05) is 12.1 Å². The predicted molar refractivity (Wildman–Crippen MR) is 74.9 cm³/mol. The van der Waals surface area contributed by atoms with Crippen molar-refractivity contribution in [3.63, 3.8) is 0 Å². The lowest BCUT2D eigenvalue weighted by Gasteiger charge is -2.32. The molecule has 0 radical (unpaired) electrons. The van der Waals surface area contributed by atoms with Crippen molar-refractivity contribution in [2.75, 3.05) is 33.3 Å². The van der Waals surface area contributed by atoms with Crippen molar-refractivity contribution in [2.24, 2.45) is 0 Å². The number of ether oxygens (including phenoxy) is 2. The molecule has 2 aliphatic rings. The van der Waals surface area contributed by atoms with Gasteiger partial charge in [-0.3, -0.25) is 0 Å². The van der Waals surface area contributed by atoms with Gasteiger partial charge in [-0.25, -0.2) is 0 Å². The maximum Gasteiger partial charge on any atom is 0.161 e. The molecule has 3 rings (SSSR count). The molecule has 1 fully saturated rings. The van der Waals surface area contributed by atoms with Gasteiger partial charge < -0.3 is 19.7 Å². The third-order valence-corrected chi connectivity index (χ3v) is 3.83. The molecule has 1 aromatic rings. The van der Waals surface area contributed by atoms with E-state index in [-0.39, 0.29) is 6.10 Å². The molecule has 2 aliphatic heterocycles. The zero-order chi connectivity index (χ0) is 13.1. The minimum Gasteiger partial charge on any atom is -0.486 e. The zero-order valence-corrected chi connectivity index (χ0v) is 11.5. The van der Waals surface area contributed by atoms with E-state index in [1.165, 1.54) is 19.4 Å². The molecule has 4 heteroatoms. The first kappa shape index (κ1) is 12.8. The number of hydrogen-bond acceptors (Lipinski definition) is 4. The van der Waals surface area contributed by atoms with Crippen LogP contribution in [0.3, 0.4) is 0 Å². The molecule has 19 heavy (non-hydrogen) atoms. The molecular formula is C15H22N2O2. The Labute approximate surface area is 114 Å². The van der Waals surface area contributed by atoms with Gasteiger partial charge in [0.25, 0.3) is 0 Å². The summed E-state index contributed by atoms with van der Waals surface area (Å²) in [4.78, 5) is 2.38. The molecule has 1 saturated heterocycles. The van der Waals surface area contributed by atoms with E-state index >= 15 is 0 Å². The van der Waals surface area contributed by atoms with Crippen LogP contribution in [0.15, 0.2) is 24.3 Å². The van der Waals surface area contributed by atoms with Gasteiger partial charge >= 0.3 is 0 Å². The number of fused-ring (bicyclic) bond motifs is 1. The second-order valence-electron chi connectivity index (χ2n) is 5.51. The Kier molecular flexibility index (Phi) is 3.89. The van der Waals surface area contributed by atoms with Crippen molar-refractivity contribution in [3.8, 4) is 11.5 Å². The fraction of sp³-hybridized carbons (Fsp3) is 0.600. The standard InChI is InChI=1S/C15H22N2O2/c1-17-8-4-5-12(10-17)16-9-13-11-18-14-6-2-3-7-15(14)19-13/h2-3,6-7,12-13,16H,4-5,8-11H2,1H3. The number of hydrogen-bond donors (Lipinski definition) is 1. The van der Waals surface area contributed by atoms with E-state index in [2.05, 4.69) is 17.3 Å². The maximum absolute atomic E-state index is 5.95. The predicted octanol–water partition coefficient (Wildman–Crippen LogP) is 1.51. The lowest BCUT2D eigenvalue weighted by Crippen LogP contribution is -2.48. The van der Waals surface area contributed by atoms with Crippen molar-refractivity contribution in [1.82, 2.24) is 10.2 Å². The van der Waals surface area contributed by atoms with Crippen LogP contribution in [0.2, 0.25) is 0 Å². The SMILES string of the molecule is CN1CCCC(NCC2COc3ccccc3O2)C1. The Morgan fingerprint density at radius 1 is 1.32 bits per heavy atom. The Hall–Kier alpha value is -1.26. The summed E-state index contributed by atoms with van der Waals surface area (Å²) in [7, 11) is 2.18. The third-order valence-electron chi connectivity index (χ3n) is 3.83. The Morgan fingerprint density at radius 3 is 3.00 bits per heavy atom.